The van der Waals surface area contributed by atoms with Crippen molar-refractivity contribution in [3.63, 3.8) is 0 Å². The van der Waals surface area contributed by atoms with Crippen LogP contribution in [0.25, 0.3) is 10.7 Å². The number of benzene rings is 1. The van der Waals surface area contributed by atoms with Crippen LogP contribution in [-0.2, 0) is 6.42 Å². The van der Waals surface area contributed by atoms with Gasteiger partial charge in [0.05, 0.1) is 16.9 Å². The fraction of sp³-hybridized carbons (Fsp3) is 0.150. The Labute approximate surface area is 159 Å². The van der Waals surface area contributed by atoms with E-state index in [-0.39, 0.29) is 5.91 Å². The third-order valence-corrected chi connectivity index (χ3v) is 4.97. The summed E-state index contributed by atoms with van der Waals surface area (Å²) < 4.78 is 10.8. The monoisotopic (exact) mass is 379 g/mol. The first-order valence-electron chi connectivity index (χ1n) is 8.43. The fourth-order valence-electron chi connectivity index (χ4n) is 2.84. The van der Waals surface area contributed by atoms with Gasteiger partial charge in [0.25, 0.3) is 5.91 Å². The molecule has 6 nitrogen and oxygen atoms in total. The second-order valence-corrected chi connectivity index (χ2v) is 7.05. The van der Waals surface area contributed by atoms with Gasteiger partial charge < -0.3 is 14.3 Å². The third-order valence-electron chi connectivity index (χ3n) is 4.10. The summed E-state index contributed by atoms with van der Waals surface area (Å²) >= 11 is 1.56. The summed E-state index contributed by atoms with van der Waals surface area (Å²) in [5, 5.41) is 8.95. The van der Waals surface area contributed by atoms with Crippen LogP contribution in [0.5, 0.6) is 0 Å². The quantitative estimate of drug-likeness (QED) is 0.536. The Morgan fingerprint density at radius 1 is 1.19 bits per heavy atom. The molecule has 0 saturated heterocycles. The lowest BCUT2D eigenvalue weighted by Crippen LogP contribution is -2.13. The minimum absolute atomic E-state index is 0.207. The molecule has 1 aromatic carbocycles. The zero-order valence-electron chi connectivity index (χ0n) is 14.9. The number of nitrogens with one attached hydrogen (secondary N) is 1. The van der Waals surface area contributed by atoms with Crippen molar-refractivity contribution in [2.45, 2.75) is 20.3 Å². The molecule has 0 radical (unpaired) electrons. The van der Waals surface area contributed by atoms with Crippen LogP contribution in [0.4, 0.5) is 5.69 Å². The normalized spacial score (nSPS) is 10.9. The number of rotatable bonds is 5. The van der Waals surface area contributed by atoms with Gasteiger partial charge in [-0.05, 0) is 43.0 Å². The van der Waals surface area contributed by atoms with Gasteiger partial charge in [0, 0.05) is 5.69 Å². The number of aryl methyl sites for hydroxylation is 2. The van der Waals surface area contributed by atoms with Crippen LogP contribution >= 0.6 is 11.3 Å². The molecule has 0 spiro atoms. The molecule has 0 aliphatic rings. The number of nitrogens with zero attached hydrogens (tertiary/aromatic N) is 2. The molecule has 0 aliphatic heterocycles. The van der Waals surface area contributed by atoms with Gasteiger partial charge in [-0.2, -0.15) is 4.98 Å². The number of anilines is 1. The van der Waals surface area contributed by atoms with Crippen LogP contribution in [0, 0.1) is 13.8 Å². The molecule has 4 aromatic rings. The summed E-state index contributed by atoms with van der Waals surface area (Å²) in [6.45, 7) is 3.59. The van der Waals surface area contributed by atoms with Crippen molar-refractivity contribution in [1.29, 1.82) is 0 Å². The average molecular weight is 379 g/mol. The maximum absolute atomic E-state index is 12.6. The molecule has 1 amide bonds. The Hall–Kier alpha value is -3.19. The molecule has 1 N–H and O–H groups in total. The van der Waals surface area contributed by atoms with E-state index in [1.165, 1.54) is 0 Å². The SMILES string of the molecule is Cc1cc(C(=O)Nc2ccccc2Cc2nc(-c3cccs3)no2)c(C)o1. The van der Waals surface area contributed by atoms with E-state index >= 15 is 0 Å². The maximum atomic E-state index is 12.6. The van der Waals surface area contributed by atoms with Crippen LogP contribution in [-0.4, -0.2) is 16.0 Å². The van der Waals surface area contributed by atoms with Gasteiger partial charge in [0.15, 0.2) is 0 Å². The van der Waals surface area contributed by atoms with Gasteiger partial charge >= 0.3 is 0 Å². The first kappa shape index (κ1) is 17.2. The summed E-state index contributed by atoms with van der Waals surface area (Å²) in [4.78, 5) is 18.0. The largest absolute Gasteiger partial charge is 0.466 e. The summed E-state index contributed by atoms with van der Waals surface area (Å²) in [6.07, 6.45) is 0.429. The Balaban J connectivity index is 1.55. The number of carbonyl (C=O) groups is 1. The van der Waals surface area contributed by atoms with Crippen molar-refractivity contribution in [3.8, 4) is 10.7 Å². The molecule has 4 rings (SSSR count). The molecular weight excluding hydrogens is 362 g/mol. The lowest BCUT2D eigenvalue weighted by Gasteiger charge is -2.09. The van der Waals surface area contributed by atoms with Crippen LogP contribution in [0.1, 0.15) is 33.3 Å². The number of thiophene rings is 1. The van der Waals surface area contributed by atoms with E-state index in [4.69, 9.17) is 8.94 Å². The topological polar surface area (TPSA) is 81.2 Å². The molecule has 0 fully saturated rings. The van der Waals surface area contributed by atoms with Crippen molar-refractivity contribution in [3.05, 3.63) is 76.4 Å². The van der Waals surface area contributed by atoms with Crippen molar-refractivity contribution in [1.82, 2.24) is 10.1 Å². The Morgan fingerprint density at radius 2 is 2.04 bits per heavy atom. The zero-order chi connectivity index (χ0) is 18.8. The van der Waals surface area contributed by atoms with Crippen molar-refractivity contribution in [2.75, 3.05) is 5.32 Å². The highest BCUT2D eigenvalue weighted by Gasteiger charge is 2.16. The zero-order valence-corrected chi connectivity index (χ0v) is 15.7. The van der Waals surface area contributed by atoms with Gasteiger partial charge in [-0.3, -0.25) is 4.79 Å². The molecule has 0 aliphatic carbocycles. The van der Waals surface area contributed by atoms with Gasteiger partial charge in [0.1, 0.15) is 11.5 Å². The lowest BCUT2D eigenvalue weighted by molar-refractivity contribution is 0.102. The molecule has 3 aromatic heterocycles. The molecule has 0 atom stereocenters. The van der Waals surface area contributed by atoms with E-state index in [0.717, 1.165) is 10.4 Å². The lowest BCUT2D eigenvalue weighted by atomic mass is 10.1. The van der Waals surface area contributed by atoms with E-state index in [9.17, 15) is 4.79 Å². The van der Waals surface area contributed by atoms with Crippen LogP contribution in [0.3, 0.4) is 0 Å². The second-order valence-electron chi connectivity index (χ2n) is 6.10. The number of hydrogen-bond acceptors (Lipinski definition) is 6. The summed E-state index contributed by atoms with van der Waals surface area (Å²) in [6, 6.07) is 13.2. The molecule has 3 heterocycles. The van der Waals surface area contributed by atoms with Gasteiger partial charge in [0.2, 0.25) is 11.7 Å². The number of aromatic nitrogens is 2. The summed E-state index contributed by atoms with van der Waals surface area (Å²) in [7, 11) is 0. The van der Waals surface area contributed by atoms with Crippen molar-refractivity contribution >= 4 is 22.9 Å². The standard InChI is InChI=1S/C20H17N3O3S/c1-12-10-15(13(2)25-12)20(24)21-16-7-4-3-6-14(16)11-18-22-19(23-26-18)17-8-5-9-27-17/h3-10H,11H2,1-2H3,(H,21,24). The molecule has 27 heavy (non-hydrogen) atoms. The van der Waals surface area contributed by atoms with Gasteiger partial charge in [-0.25, -0.2) is 0 Å². The smallest absolute Gasteiger partial charge is 0.259 e. The second kappa shape index (κ2) is 7.20. The van der Waals surface area contributed by atoms with E-state index < -0.39 is 0 Å². The summed E-state index contributed by atoms with van der Waals surface area (Å²) in [5.41, 5.74) is 2.13. The van der Waals surface area contributed by atoms with Crippen LogP contribution < -0.4 is 5.32 Å². The van der Waals surface area contributed by atoms with Crippen molar-refractivity contribution < 1.29 is 13.7 Å². The number of hydrogen-bond donors (Lipinski definition) is 1. The number of furan rings is 1. The first-order valence-corrected chi connectivity index (χ1v) is 9.31. The van der Waals surface area contributed by atoms with E-state index in [1.54, 1.807) is 24.3 Å². The Morgan fingerprint density at radius 3 is 2.78 bits per heavy atom. The maximum Gasteiger partial charge on any atom is 0.259 e. The molecule has 0 unspecified atom stereocenters. The molecule has 0 saturated carbocycles. The van der Waals surface area contributed by atoms with Crippen LogP contribution in [0.15, 0.2) is 56.8 Å². The number of amides is 1. The highest BCUT2D eigenvalue weighted by Crippen LogP contribution is 2.24. The predicted octanol–water partition coefficient (Wildman–Crippen LogP) is 4.85. The molecule has 136 valence electrons. The molecule has 7 heteroatoms. The number of carbonyl (C=O) groups excluding carboxylic acids is 1. The third kappa shape index (κ3) is 3.68. The Bertz CT molecular complexity index is 1080. The first-order chi connectivity index (χ1) is 13.1. The predicted molar refractivity (Wildman–Crippen MR) is 103 cm³/mol. The minimum atomic E-state index is -0.207. The average Bonchev–Trinajstić information content (AvgIpc) is 3.37. The van der Waals surface area contributed by atoms with Crippen LogP contribution in [0.2, 0.25) is 0 Å². The van der Waals surface area contributed by atoms with E-state index in [1.807, 2.05) is 48.7 Å². The highest BCUT2D eigenvalue weighted by atomic mass is 32.1. The minimum Gasteiger partial charge on any atom is -0.466 e. The van der Waals surface area contributed by atoms with Gasteiger partial charge in [-0.15, -0.1) is 11.3 Å². The van der Waals surface area contributed by atoms with E-state index in [0.29, 0.717) is 40.9 Å². The molecule has 0 bridgehead atoms. The number of para-hydroxylation sites is 1. The molecular formula is C20H17N3O3S. The van der Waals surface area contributed by atoms with Gasteiger partial charge in [-0.1, -0.05) is 29.4 Å². The summed E-state index contributed by atoms with van der Waals surface area (Å²) in [5.74, 6) is 2.17. The van der Waals surface area contributed by atoms with E-state index in [2.05, 4.69) is 15.5 Å². The Kier molecular flexibility index (Phi) is 4.60. The fourth-order valence-corrected chi connectivity index (χ4v) is 3.49. The van der Waals surface area contributed by atoms with Crippen molar-refractivity contribution in [2.24, 2.45) is 0 Å². The highest BCUT2D eigenvalue weighted by molar-refractivity contribution is 7.13.